The fourth-order valence-corrected chi connectivity index (χ4v) is 8.14. The molecule has 0 bridgehead atoms. The van der Waals surface area contributed by atoms with E-state index in [1.165, 1.54) is 72.5 Å². The first kappa shape index (κ1) is 29.4. The van der Waals surface area contributed by atoms with E-state index in [1.807, 2.05) is 0 Å². The summed E-state index contributed by atoms with van der Waals surface area (Å²) in [6.07, 6.45) is 0. The van der Waals surface area contributed by atoms with Crippen LogP contribution in [0.1, 0.15) is 0 Å². The molecule has 0 radical (unpaired) electrons. The minimum atomic E-state index is 0.0596. The number of fused-ring (bicyclic) bond motifs is 4. The highest BCUT2D eigenvalue weighted by molar-refractivity contribution is 7.00. The smallest absolute Gasteiger partial charge is 0.252 e. The van der Waals surface area contributed by atoms with Crippen molar-refractivity contribution in [2.24, 2.45) is 0 Å². The molecule has 8 aromatic carbocycles. The molecule has 0 spiro atoms. The highest BCUT2D eigenvalue weighted by Crippen LogP contribution is 2.45. The Morgan fingerprint density at radius 2 is 0.667 bits per heavy atom. The molecule has 238 valence electrons. The highest BCUT2D eigenvalue weighted by atomic mass is 15.2. The zero-order chi connectivity index (χ0) is 33.7. The number of nitrogens with zero attached hydrogens (tertiary/aromatic N) is 2. The van der Waals surface area contributed by atoms with Crippen molar-refractivity contribution in [1.82, 2.24) is 0 Å². The predicted molar refractivity (Wildman–Crippen MR) is 217 cm³/mol. The molecule has 2 heterocycles. The lowest BCUT2D eigenvalue weighted by molar-refractivity contribution is 1.25. The molecule has 0 saturated heterocycles. The molecule has 2 aliphatic heterocycles. The van der Waals surface area contributed by atoms with Crippen LogP contribution in [0.15, 0.2) is 200 Å². The third-order valence-corrected chi connectivity index (χ3v) is 10.4. The molecule has 8 aromatic rings. The lowest BCUT2D eigenvalue weighted by atomic mass is 9.33. The normalized spacial score (nSPS) is 12.6. The standard InChI is InChI=1S/C48H33BN2/c1-5-15-34(16-6-1)37-21-13-24-41(31-37)51-45-26-14-25-44-48(45)49(43-30-28-39(33-47(43)51)36-19-9-3-10-20-36)42-29-27-38(35-17-7-2-8-18-35)32-46(42)50(44)40-22-11-4-12-23-40/h1-33H. The van der Waals surface area contributed by atoms with Gasteiger partial charge < -0.3 is 9.80 Å². The summed E-state index contributed by atoms with van der Waals surface area (Å²) >= 11 is 0. The van der Waals surface area contributed by atoms with Crippen LogP contribution in [-0.4, -0.2) is 6.71 Å². The molecule has 3 heteroatoms. The van der Waals surface area contributed by atoms with Gasteiger partial charge in [0.05, 0.1) is 0 Å². The summed E-state index contributed by atoms with van der Waals surface area (Å²) in [6, 6.07) is 73.0. The van der Waals surface area contributed by atoms with Crippen LogP contribution in [0.2, 0.25) is 0 Å². The molecule has 0 fully saturated rings. The first-order chi connectivity index (χ1) is 25.3. The van der Waals surface area contributed by atoms with Crippen molar-refractivity contribution >= 4 is 57.2 Å². The van der Waals surface area contributed by atoms with Gasteiger partial charge in [0.15, 0.2) is 0 Å². The second-order valence-corrected chi connectivity index (χ2v) is 13.3. The van der Waals surface area contributed by atoms with Crippen molar-refractivity contribution in [3.63, 3.8) is 0 Å². The molecule has 0 atom stereocenters. The van der Waals surface area contributed by atoms with E-state index < -0.39 is 0 Å². The van der Waals surface area contributed by atoms with E-state index >= 15 is 0 Å². The maximum atomic E-state index is 2.50. The van der Waals surface area contributed by atoms with Gasteiger partial charge in [-0.05, 0) is 98.3 Å². The third-order valence-electron chi connectivity index (χ3n) is 10.4. The Balaban J connectivity index is 1.25. The number of hydrogen-bond acceptors (Lipinski definition) is 2. The van der Waals surface area contributed by atoms with Gasteiger partial charge in [0.2, 0.25) is 0 Å². The first-order valence-electron chi connectivity index (χ1n) is 17.6. The Bertz CT molecular complexity index is 2530. The molecule has 2 nitrogen and oxygen atoms in total. The van der Waals surface area contributed by atoms with Crippen molar-refractivity contribution in [3.8, 4) is 33.4 Å². The third kappa shape index (κ3) is 4.89. The van der Waals surface area contributed by atoms with Gasteiger partial charge in [-0.2, -0.15) is 0 Å². The summed E-state index contributed by atoms with van der Waals surface area (Å²) in [6.45, 7) is 0.0596. The minimum absolute atomic E-state index is 0.0596. The average molecular weight is 649 g/mol. The molecule has 10 rings (SSSR count). The van der Waals surface area contributed by atoms with E-state index in [4.69, 9.17) is 0 Å². The Hall–Kier alpha value is -6.58. The van der Waals surface area contributed by atoms with Crippen LogP contribution in [-0.2, 0) is 0 Å². The molecule has 0 unspecified atom stereocenters. The van der Waals surface area contributed by atoms with E-state index in [-0.39, 0.29) is 6.71 Å². The molecule has 51 heavy (non-hydrogen) atoms. The Morgan fingerprint density at radius 1 is 0.275 bits per heavy atom. The van der Waals surface area contributed by atoms with Crippen LogP contribution < -0.4 is 26.2 Å². The lowest BCUT2D eigenvalue weighted by Gasteiger charge is -2.44. The largest absolute Gasteiger partial charge is 0.311 e. The fourth-order valence-electron chi connectivity index (χ4n) is 8.14. The van der Waals surface area contributed by atoms with Crippen molar-refractivity contribution in [2.75, 3.05) is 9.80 Å². The minimum Gasteiger partial charge on any atom is -0.311 e. The van der Waals surface area contributed by atoms with Crippen molar-refractivity contribution in [2.45, 2.75) is 0 Å². The molecule has 2 aliphatic rings. The summed E-state index contributed by atoms with van der Waals surface area (Å²) in [5.41, 5.74) is 18.3. The van der Waals surface area contributed by atoms with Gasteiger partial charge in [0, 0.05) is 34.1 Å². The van der Waals surface area contributed by atoms with Crippen molar-refractivity contribution in [3.05, 3.63) is 200 Å². The van der Waals surface area contributed by atoms with Crippen molar-refractivity contribution < 1.29 is 0 Å². The van der Waals surface area contributed by atoms with Crippen LogP contribution in [0.5, 0.6) is 0 Å². The molecule has 0 aromatic heterocycles. The quantitative estimate of drug-likeness (QED) is 0.171. The number of rotatable bonds is 5. The second-order valence-electron chi connectivity index (χ2n) is 13.3. The molecular formula is C48H33BN2. The number of hydrogen-bond donors (Lipinski definition) is 0. The van der Waals surface area contributed by atoms with Crippen LogP contribution in [0.25, 0.3) is 33.4 Å². The predicted octanol–water partition coefficient (Wildman–Crippen LogP) is 10.8. The number of benzene rings is 8. The fraction of sp³-hybridized carbons (Fsp3) is 0. The maximum absolute atomic E-state index is 2.50. The number of anilines is 6. The molecular weight excluding hydrogens is 615 g/mol. The van der Waals surface area contributed by atoms with Gasteiger partial charge in [0.25, 0.3) is 6.71 Å². The van der Waals surface area contributed by atoms with Crippen LogP contribution in [0, 0.1) is 0 Å². The Kier molecular flexibility index (Phi) is 6.95. The zero-order valence-corrected chi connectivity index (χ0v) is 28.0. The summed E-state index contributed by atoms with van der Waals surface area (Å²) in [5.74, 6) is 0. The van der Waals surface area contributed by atoms with Gasteiger partial charge in [0.1, 0.15) is 0 Å². The van der Waals surface area contributed by atoms with Gasteiger partial charge in [-0.3, -0.25) is 0 Å². The van der Waals surface area contributed by atoms with Crippen molar-refractivity contribution in [1.29, 1.82) is 0 Å². The molecule has 0 aliphatic carbocycles. The van der Waals surface area contributed by atoms with E-state index in [2.05, 4.69) is 210 Å². The second kappa shape index (κ2) is 12.1. The molecule has 0 N–H and O–H groups in total. The summed E-state index contributed by atoms with van der Waals surface area (Å²) in [7, 11) is 0. The zero-order valence-electron chi connectivity index (χ0n) is 28.0. The highest BCUT2D eigenvalue weighted by Gasteiger charge is 2.43. The monoisotopic (exact) mass is 648 g/mol. The van der Waals surface area contributed by atoms with E-state index in [0.29, 0.717) is 0 Å². The Labute approximate surface area is 299 Å². The van der Waals surface area contributed by atoms with Crippen LogP contribution in [0.3, 0.4) is 0 Å². The van der Waals surface area contributed by atoms with Crippen LogP contribution >= 0.6 is 0 Å². The van der Waals surface area contributed by atoms with Gasteiger partial charge in [-0.25, -0.2) is 0 Å². The van der Waals surface area contributed by atoms with E-state index in [1.54, 1.807) is 0 Å². The maximum Gasteiger partial charge on any atom is 0.252 e. The van der Waals surface area contributed by atoms with E-state index in [0.717, 1.165) is 11.4 Å². The first-order valence-corrected chi connectivity index (χ1v) is 17.6. The van der Waals surface area contributed by atoms with Gasteiger partial charge in [-0.1, -0.05) is 152 Å². The summed E-state index contributed by atoms with van der Waals surface area (Å²) in [5, 5.41) is 0. The Morgan fingerprint density at radius 3 is 1.18 bits per heavy atom. The van der Waals surface area contributed by atoms with Crippen LogP contribution in [0.4, 0.5) is 34.1 Å². The average Bonchev–Trinajstić information content (AvgIpc) is 3.21. The summed E-state index contributed by atoms with van der Waals surface area (Å²) in [4.78, 5) is 4.97. The van der Waals surface area contributed by atoms with E-state index in [9.17, 15) is 0 Å². The number of para-hydroxylation sites is 1. The SMILES string of the molecule is c1ccc(-c2cccc(N3c4cc(-c5ccccc5)ccc4B4c5ccc(-c6ccccc6)cc5N(c5ccccc5)c5cccc3c54)c2)cc1. The summed E-state index contributed by atoms with van der Waals surface area (Å²) < 4.78 is 0. The molecule has 0 saturated carbocycles. The molecule has 0 amide bonds. The van der Waals surface area contributed by atoms with Gasteiger partial charge in [-0.15, -0.1) is 0 Å². The topological polar surface area (TPSA) is 6.48 Å². The van der Waals surface area contributed by atoms with Gasteiger partial charge >= 0.3 is 0 Å². The lowest BCUT2D eigenvalue weighted by Crippen LogP contribution is -2.61.